The highest BCUT2D eigenvalue weighted by atomic mass is 32.1. The smallest absolute Gasteiger partial charge is 0.161 e. The van der Waals surface area contributed by atoms with Crippen LogP contribution in [-0.4, -0.2) is 26.3 Å². The summed E-state index contributed by atoms with van der Waals surface area (Å²) in [6.07, 6.45) is 0. The molecule has 0 saturated heterocycles. The lowest BCUT2D eigenvalue weighted by Gasteiger charge is -2.08. The summed E-state index contributed by atoms with van der Waals surface area (Å²) in [5, 5.41) is 4.25. The average molecular weight is 292 g/mol. The fourth-order valence-corrected chi connectivity index (χ4v) is 3.16. The molecule has 2 aromatic rings. The molecule has 1 heterocycles. The predicted octanol–water partition coefficient (Wildman–Crippen LogP) is 3.42. The summed E-state index contributed by atoms with van der Waals surface area (Å²) < 4.78 is 10.6. The summed E-state index contributed by atoms with van der Waals surface area (Å²) in [5.41, 5.74) is 2.12. The van der Waals surface area contributed by atoms with Crippen LogP contribution < -0.4 is 14.8 Å². The number of nitrogens with one attached hydrogen (secondary N) is 1. The summed E-state index contributed by atoms with van der Waals surface area (Å²) in [5.74, 6) is 1.45. The molecule has 20 heavy (non-hydrogen) atoms. The van der Waals surface area contributed by atoms with Gasteiger partial charge in [0.05, 0.1) is 19.9 Å². The summed E-state index contributed by atoms with van der Waals surface area (Å²) in [4.78, 5) is 5.92. The van der Waals surface area contributed by atoms with Crippen molar-refractivity contribution in [3.63, 3.8) is 0 Å². The van der Waals surface area contributed by atoms with Crippen LogP contribution in [-0.2, 0) is 0 Å². The Labute approximate surface area is 123 Å². The lowest BCUT2D eigenvalue weighted by molar-refractivity contribution is 0.355. The van der Waals surface area contributed by atoms with Gasteiger partial charge in [-0.25, -0.2) is 4.98 Å². The Morgan fingerprint density at radius 3 is 2.50 bits per heavy atom. The summed E-state index contributed by atoms with van der Waals surface area (Å²) in [7, 11) is 5.24. The number of nitrogens with zero attached hydrogens (tertiary/aromatic N) is 1. The van der Waals surface area contributed by atoms with E-state index in [1.54, 1.807) is 25.6 Å². The third-order valence-corrected chi connectivity index (χ3v) is 4.68. The molecule has 4 nitrogen and oxygen atoms in total. The number of aryl methyl sites for hydroxylation is 1. The average Bonchev–Trinajstić information content (AvgIpc) is 2.87. The minimum Gasteiger partial charge on any atom is -0.493 e. The van der Waals surface area contributed by atoms with Crippen LogP contribution in [0.5, 0.6) is 11.5 Å². The fraction of sp³-hybridized carbons (Fsp3) is 0.400. The topological polar surface area (TPSA) is 43.4 Å². The maximum Gasteiger partial charge on any atom is 0.161 e. The Balaban J connectivity index is 2.41. The zero-order chi connectivity index (χ0) is 14.7. The normalized spacial score (nSPS) is 12.2. The van der Waals surface area contributed by atoms with Gasteiger partial charge in [-0.15, -0.1) is 11.3 Å². The van der Waals surface area contributed by atoms with Crippen molar-refractivity contribution in [3.8, 4) is 22.1 Å². The highest BCUT2D eigenvalue weighted by Crippen LogP contribution is 2.36. The maximum absolute atomic E-state index is 5.34. The van der Waals surface area contributed by atoms with Gasteiger partial charge in [0.1, 0.15) is 5.01 Å². The third-order valence-electron chi connectivity index (χ3n) is 3.29. The number of aromatic nitrogens is 1. The predicted molar refractivity (Wildman–Crippen MR) is 82.9 cm³/mol. The highest BCUT2D eigenvalue weighted by Gasteiger charge is 2.15. The standard InChI is InChI=1S/C15H20N2O2S/c1-9(16-3)14-10(2)17-15(20-14)11-6-7-12(18-4)13(8-11)19-5/h6-9,16H,1-5H3. The largest absolute Gasteiger partial charge is 0.493 e. The zero-order valence-corrected chi connectivity index (χ0v) is 13.3. The minimum atomic E-state index is 0.307. The molecule has 0 aliphatic carbocycles. The van der Waals surface area contributed by atoms with E-state index in [0.29, 0.717) is 6.04 Å². The number of methoxy groups -OCH3 is 2. The Hall–Kier alpha value is -1.59. The fourth-order valence-electron chi connectivity index (χ4n) is 2.03. The van der Waals surface area contributed by atoms with Crippen LogP contribution in [0.4, 0.5) is 0 Å². The lowest BCUT2D eigenvalue weighted by Crippen LogP contribution is -2.11. The quantitative estimate of drug-likeness (QED) is 0.917. The van der Waals surface area contributed by atoms with Crippen LogP contribution in [0, 0.1) is 6.92 Å². The molecule has 0 aliphatic heterocycles. The molecule has 1 aromatic carbocycles. The monoisotopic (exact) mass is 292 g/mol. The van der Waals surface area contributed by atoms with E-state index < -0.39 is 0 Å². The van der Waals surface area contributed by atoms with E-state index >= 15 is 0 Å². The third kappa shape index (κ3) is 2.78. The van der Waals surface area contributed by atoms with Gasteiger partial charge < -0.3 is 14.8 Å². The van der Waals surface area contributed by atoms with Crippen LogP contribution in [0.1, 0.15) is 23.5 Å². The molecule has 0 spiro atoms. The molecular weight excluding hydrogens is 272 g/mol. The van der Waals surface area contributed by atoms with E-state index in [-0.39, 0.29) is 0 Å². The van der Waals surface area contributed by atoms with Gasteiger partial charge in [0.15, 0.2) is 11.5 Å². The first-order chi connectivity index (χ1) is 9.60. The molecule has 108 valence electrons. The van der Waals surface area contributed by atoms with Gasteiger partial charge in [-0.1, -0.05) is 0 Å². The molecule has 1 N–H and O–H groups in total. The number of rotatable bonds is 5. The summed E-state index contributed by atoms with van der Waals surface area (Å²) in [6, 6.07) is 6.19. The molecule has 2 rings (SSSR count). The van der Waals surface area contributed by atoms with Crippen LogP contribution >= 0.6 is 11.3 Å². The summed E-state index contributed by atoms with van der Waals surface area (Å²) in [6.45, 7) is 4.18. The van der Waals surface area contributed by atoms with Crippen LogP contribution in [0.25, 0.3) is 10.6 Å². The van der Waals surface area contributed by atoms with Crippen LogP contribution in [0.2, 0.25) is 0 Å². The first-order valence-electron chi connectivity index (χ1n) is 6.47. The van der Waals surface area contributed by atoms with Crippen molar-refractivity contribution >= 4 is 11.3 Å². The first kappa shape index (κ1) is 14.8. The van der Waals surface area contributed by atoms with E-state index in [9.17, 15) is 0 Å². The Kier molecular flexibility index (Phi) is 4.62. The highest BCUT2D eigenvalue weighted by molar-refractivity contribution is 7.15. The maximum atomic E-state index is 5.34. The van der Waals surface area contributed by atoms with Crippen molar-refractivity contribution in [2.45, 2.75) is 19.9 Å². The molecule has 1 atom stereocenters. The minimum absolute atomic E-state index is 0.307. The van der Waals surface area contributed by atoms with Gasteiger partial charge >= 0.3 is 0 Å². The van der Waals surface area contributed by atoms with E-state index in [0.717, 1.165) is 27.8 Å². The molecule has 0 bridgehead atoms. The van der Waals surface area contributed by atoms with Gasteiger partial charge in [0.2, 0.25) is 0 Å². The second-order valence-corrected chi connectivity index (χ2v) is 5.58. The van der Waals surface area contributed by atoms with Crippen LogP contribution in [0.15, 0.2) is 18.2 Å². The first-order valence-corrected chi connectivity index (χ1v) is 7.29. The molecule has 0 radical (unpaired) electrons. The van der Waals surface area contributed by atoms with Gasteiger partial charge in [-0.3, -0.25) is 0 Å². The number of hydrogen-bond donors (Lipinski definition) is 1. The molecule has 5 heteroatoms. The molecule has 1 aromatic heterocycles. The molecule has 0 saturated carbocycles. The Morgan fingerprint density at radius 1 is 1.20 bits per heavy atom. The lowest BCUT2D eigenvalue weighted by atomic mass is 10.2. The van der Waals surface area contributed by atoms with Gasteiger partial charge in [-0.2, -0.15) is 0 Å². The van der Waals surface area contributed by atoms with Crippen molar-refractivity contribution < 1.29 is 9.47 Å². The molecular formula is C15H20N2O2S. The van der Waals surface area contributed by atoms with Gasteiger partial charge in [0, 0.05) is 16.5 Å². The van der Waals surface area contributed by atoms with Crippen molar-refractivity contribution in [3.05, 3.63) is 28.8 Å². The number of ether oxygens (including phenoxy) is 2. The van der Waals surface area contributed by atoms with Crippen molar-refractivity contribution in [1.29, 1.82) is 0 Å². The molecule has 0 aliphatic rings. The van der Waals surface area contributed by atoms with E-state index in [2.05, 4.69) is 17.2 Å². The second-order valence-electron chi connectivity index (χ2n) is 4.55. The van der Waals surface area contributed by atoms with E-state index in [1.165, 1.54) is 4.88 Å². The summed E-state index contributed by atoms with van der Waals surface area (Å²) >= 11 is 1.71. The zero-order valence-electron chi connectivity index (χ0n) is 12.5. The van der Waals surface area contributed by atoms with Crippen molar-refractivity contribution in [2.24, 2.45) is 0 Å². The molecule has 0 fully saturated rings. The van der Waals surface area contributed by atoms with Crippen molar-refractivity contribution in [2.75, 3.05) is 21.3 Å². The van der Waals surface area contributed by atoms with E-state index in [1.807, 2.05) is 32.2 Å². The van der Waals surface area contributed by atoms with Crippen molar-refractivity contribution in [1.82, 2.24) is 10.3 Å². The van der Waals surface area contributed by atoms with Crippen LogP contribution in [0.3, 0.4) is 0 Å². The Bertz CT molecular complexity index is 596. The van der Waals surface area contributed by atoms with Gasteiger partial charge in [0.25, 0.3) is 0 Å². The Morgan fingerprint density at radius 2 is 1.90 bits per heavy atom. The number of thiazole rings is 1. The molecule has 1 unspecified atom stereocenters. The SMILES string of the molecule is CNC(C)c1sc(-c2ccc(OC)c(OC)c2)nc1C. The number of benzene rings is 1. The second kappa shape index (κ2) is 6.24. The number of hydrogen-bond acceptors (Lipinski definition) is 5. The van der Waals surface area contributed by atoms with Gasteiger partial charge in [-0.05, 0) is 39.1 Å². The molecule has 0 amide bonds. The van der Waals surface area contributed by atoms with E-state index in [4.69, 9.17) is 9.47 Å².